The first-order valence-electron chi connectivity index (χ1n) is 7.57. The highest BCUT2D eigenvalue weighted by Crippen LogP contribution is 2.24. The molecule has 0 fully saturated rings. The van der Waals surface area contributed by atoms with Gasteiger partial charge in [-0.3, -0.25) is 0 Å². The summed E-state index contributed by atoms with van der Waals surface area (Å²) in [6.45, 7) is 8.34. The number of rotatable bonds is 11. The van der Waals surface area contributed by atoms with E-state index in [4.69, 9.17) is 9.47 Å². The second-order valence-corrected chi connectivity index (χ2v) is 4.66. The van der Waals surface area contributed by atoms with Gasteiger partial charge in [0.15, 0.2) is 0 Å². The molecule has 0 aliphatic carbocycles. The Morgan fingerprint density at radius 3 is 2.24 bits per heavy atom. The minimum absolute atomic E-state index is 0.198. The first-order chi connectivity index (χ1) is 10.2. The van der Waals surface area contributed by atoms with E-state index in [1.165, 1.54) is 6.07 Å². The standard InChI is InChI=1S/C16H27FN2O2/c1-4-20-11-9-19(10-12-21-5-2)16-14(13-18-3)7-6-8-15(16)17/h6-8,18H,4-5,9-13H2,1-3H3. The average Bonchev–Trinajstić information content (AvgIpc) is 2.47. The maximum atomic E-state index is 14.3. The van der Waals surface area contributed by atoms with Gasteiger partial charge in [-0.05, 0) is 32.5 Å². The van der Waals surface area contributed by atoms with E-state index in [1.807, 2.05) is 31.9 Å². The number of para-hydroxylation sites is 1. The molecular formula is C16H27FN2O2. The van der Waals surface area contributed by atoms with Gasteiger partial charge in [-0.15, -0.1) is 0 Å². The summed E-state index contributed by atoms with van der Waals surface area (Å²) in [5, 5.41) is 3.09. The van der Waals surface area contributed by atoms with E-state index >= 15 is 0 Å². The number of nitrogens with zero attached hydrogens (tertiary/aromatic N) is 1. The summed E-state index contributed by atoms with van der Waals surface area (Å²) in [6.07, 6.45) is 0. The van der Waals surface area contributed by atoms with Gasteiger partial charge in [-0.25, -0.2) is 4.39 Å². The molecule has 1 N–H and O–H groups in total. The highest BCUT2D eigenvalue weighted by molar-refractivity contribution is 5.55. The van der Waals surface area contributed by atoms with Gasteiger partial charge in [0.1, 0.15) is 5.82 Å². The fourth-order valence-corrected chi connectivity index (χ4v) is 2.22. The lowest BCUT2D eigenvalue weighted by Gasteiger charge is -2.27. The zero-order chi connectivity index (χ0) is 15.5. The minimum atomic E-state index is -0.198. The fourth-order valence-electron chi connectivity index (χ4n) is 2.22. The van der Waals surface area contributed by atoms with Crippen molar-refractivity contribution in [3.8, 4) is 0 Å². The molecule has 1 aromatic carbocycles. The third kappa shape index (κ3) is 5.99. The Bertz CT molecular complexity index is 392. The van der Waals surface area contributed by atoms with Crippen molar-refractivity contribution in [1.29, 1.82) is 0 Å². The SMILES string of the molecule is CCOCCN(CCOCC)c1c(F)cccc1CNC. The Balaban J connectivity index is 2.88. The van der Waals surface area contributed by atoms with Gasteiger partial charge in [0.05, 0.1) is 18.9 Å². The Morgan fingerprint density at radius 1 is 1.10 bits per heavy atom. The second-order valence-electron chi connectivity index (χ2n) is 4.66. The van der Waals surface area contributed by atoms with Crippen LogP contribution in [0.15, 0.2) is 18.2 Å². The summed E-state index contributed by atoms with van der Waals surface area (Å²) >= 11 is 0. The topological polar surface area (TPSA) is 33.7 Å². The van der Waals surface area contributed by atoms with E-state index in [1.54, 1.807) is 6.07 Å². The van der Waals surface area contributed by atoms with Crippen molar-refractivity contribution in [2.24, 2.45) is 0 Å². The summed E-state index contributed by atoms with van der Waals surface area (Å²) in [5.41, 5.74) is 1.59. The molecule has 4 nitrogen and oxygen atoms in total. The Labute approximate surface area is 127 Å². The van der Waals surface area contributed by atoms with Crippen molar-refractivity contribution < 1.29 is 13.9 Å². The van der Waals surface area contributed by atoms with Gasteiger partial charge in [0.2, 0.25) is 0 Å². The normalized spacial score (nSPS) is 10.9. The number of nitrogens with one attached hydrogen (secondary N) is 1. The largest absolute Gasteiger partial charge is 0.380 e. The van der Waals surface area contributed by atoms with Crippen LogP contribution in [0.1, 0.15) is 19.4 Å². The predicted octanol–water partition coefficient (Wildman–Crippen LogP) is 2.42. The lowest BCUT2D eigenvalue weighted by atomic mass is 10.1. The Kier molecular flexibility index (Phi) is 8.98. The van der Waals surface area contributed by atoms with E-state index in [2.05, 4.69) is 5.32 Å². The molecule has 5 heteroatoms. The molecule has 0 saturated heterocycles. The number of benzene rings is 1. The van der Waals surface area contributed by atoms with Crippen LogP contribution in [-0.2, 0) is 16.0 Å². The zero-order valence-corrected chi connectivity index (χ0v) is 13.3. The van der Waals surface area contributed by atoms with Crippen molar-refractivity contribution >= 4 is 5.69 Å². The number of anilines is 1. The molecule has 1 aromatic rings. The van der Waals surface area contributed by atoms with Crippen molar-refractivity contribution in [3.63, 3.8) is 0 Å². The Morgan fingerprint density at radius 2 is 1.71 bits per heavy atom. The molecule has 0 saturated carbocycles. The summed E-state index contributed by atoms with van der Waals surface area (Å²) < 4.78 is 25.1. The summed E-state index contributed by atoms with van der Waals surface area (Å²) in [6, 6.07) is 5.20. The van der Waals surface area contributed by atoms with E-state index in [0.29, 0.717) is 51.7 Å². The second kappa shape index (κ2) is 10.5. The molecule has 0 aliphatic heterocycles. The first-order valence-corrected chi connectivity index (χ1v) is 7.57. The van der Waals surface area contributed by atoms with E-state index in [0.717, 1.165) is 5.56 Å². The predicted molar refractivity (Wildman–Crippen MR) is 84.4 cm³/mol. The summed E-state index contributed by atoms with van der Waals surface area (Å²) in [4.78, 5) is 2.01. The highest BCUT2D eigenvalue weighted by atomic mass is 19.1. The van der Waals surface area contributed by atoms with Gasteiger partial charge in [0.25, 0.3) is 0 Å². The number of hydrogen-bond donors (Lipinski definition) is 1. The molecule has 0 atom stereocenters. The number of hydrogen-bond acceptors (Lipinski definition) is 4. The van der Waals surface area contributed by atoms with Crippen LogP contribution in [0.4, 0.5) is 10.1 Å². The molecule has 0 heterocycles. The van der Waals surface area contributed by atoms with E-state index < -0.39 is 0 Å². The Hall–Kier alpha value is -1.17. The monoisotopic (exact) mass is 298 g/mol. The third-order valence-electron chi connectivity index (χ3n) is 3.17. The lowest BCUT2D eigenvalue weighted by Crippen LogP contribution is -2.33. The maximum absolute atomic E-state index is 14.3. The van der Waals surface area contributed by atoms with Crippen LogP contribution >= 0.6 is 0 Å². The molecule has 0 aliphatic rings. The molecule has 120 valence electrons. The van der Waals surface area contributed by atoms with E-state index in [-0.39, 0.29) is 5.82 Å². The summed E-state index contributed by atoms with van der Waals surface area (Å²) in [5.74, 6) is -0.198. The van der Waals surface area contributed by atoms with Crippen molar-refractivity contribution in [2.75, 3.05) is 51.5 Å². The maximum Gasteiger partial charge on any atom is 0.146 e. The molecule has 0 spiro atoms. The molecular weight excluding hydrogens is 271 g/mol. The third-order valence-corrected chi connectivity index (χ3v) is 3.17. The zero-order valence-electron chi connectivity index (χ0n) is 13.3. The highest BCUT2D eigenvalue weighted by Gasteiger charge is 2.15. The first kappa shape index (κ1) is 17.9. The van der Waals surface area contributed by atoms with Gasteiger partial charge in [-0.2, -0.15) is 0 Å². The molecule has 0 bridgehead atoms. The van der Waals surface area contributed by atoms with Gasteiger partial charge >= 0.3 is 0 Å². The quantitative estimate of drug-likeness (QED) is 0.636. The van der Waals surface area contributed by atoms with Crippen LogP contribution in [0.25, 0.3) is 0 Å². The average molecular weight is 298 g/mol. The lowest BCUT2D eigenvalue weighted by molar-refractivity contribution is 0.141. The van der Waals surface area contributed by atoms with Gasteiger partial charge in [0, 0.05) is 32.8 Å². The minimum Gasteiger partial charge on any atom is -0.380 e. The van der Waals surface area contributed by atoms with Crippen molar-refractivity contribution in [1.82, 2.24) is 5.32 Å². The molecule has 21 heavy (non-hydrogen) atoms. The smallest absolute Gasteiger partial charge is 0.146 e. The van der Waals surface area contributed by atoms with Crippen LogP contribution in [0.5, 0.6) is 0 Å². The molecule has 1 rings (SSSR count). The molecule has 0 amide bonds. The van der Waals surface area contributed by atoms with Crippen LogP contribution in [0.3, 0.4) is 0 Å². The number of halogens is 1. The summed E-state index contributed by atoms with van der Waals surface area (Å²) in [7, 11) is 1.86. The van der Waals surface area contributed by atoms with Crippen LogP contribution in [-0.4, -0.2) is 46.6 Å². The number of ether oxygens (including phenoxy) is 2. The molecule has 0 aromatic heterocycles. The molecule has 0 unspecified atom stereocenters. The fraction of sp³-hybridized carbons (Fsp3) is 0.625. The van der Waals surface area contributed by atoms with Gasteiger partial charge in [-0.1, -0.05) is 12.1 Å². The van der Waals surface area contributed by atoms with E-state index in [9.17, 15) is 4.39 Å². The van der Waals surface area contributed by atoms with Gasteiger partial charge < -0.3 is 19.7 Å². The van der Waals surface area contributed by atoms with Crippen LogP contribution in [0.2, 0.25) is 0 Å². The van der Waals surface area contributed by atoms with Crippen LogP contribution in [0, 0.1) is 5.82 Å². The van der Waals surface area contributed by atoms with Crippen molar-refractivity contribution in [3.05, 3.63) is 29.6 Å². The van der Waals surface area contributed by atoms with Crippen LogP contribution < -0.4 is 10.2 Å². The van der Waals surface area contributed by atoms with Crippen molar-refractivity contribution in [2.45, 2.75) is 20.4 Å². The molecule has 0 radical (unpaired) electrons.